The lowest BCUT2D eigenvalue weighted by atomic mass is 10.5. The van der Waals surface area contributed by atoms with Crippen molar-refractivity contribution in [2.24, 2.45) is 0 Å². The fourth-order valence-electron chi connectivity index (χ4n) is 0.464. The summed E-state index contributed by atoms with van der Waals surface area (Å²) in [7, 11) is 0. The molecule has 0 unspecified atom stereocenters. The van der Waals surface area contributed by atoms with Gasteiger partial charge in [-0.15, -0.1) is 0 Å². The molecular weight excluding hydrogens is 118 g/mol. The van der Waals surface area contributed by atoms with Gasteiger partial charge in [-0.1, -0.05) is 6.58 Å². The first-order chi connectivity index (χ1) is 3.93. The van der Waals surface area contributed by atoms with Crippen molar-refractivity contribution in [1.29, 1.82) is 0 Å². The molecule has 1 N–H and O–H groups in total. The molecule has 0 aliphatic heterocycles. The van der Waals surface area contributed by atoms with Crippen LogP contribution in [0.3, 0.4) is 0 Å². The highest BCUT2D eigenvalue weighted by atomic mass is 32.1. The lowest BCUT2D eigenvalue weighted by molar-refractivity contribution is 1.68. The molecule has 0 aromatic carbocycles. The molecule has 42 valence electrons. The Morgan fingerprint density at radius 2 is 2.62 bits per heavy atom. The van der Waals surface area contributed by atoms with Gasteiger partial charge in [0.25, 0.3) is 0 Å². The molecule has 0 spiro atoms. The molecule has 2 heteroatoms. The van der Waals surface area contributed by atoms with Crippen LogP contribution in [0.1, 0.15) is 0 Å². The van der Waals surface area contributed by atoms with Crippen LogP contribution in [0.2, 0.25) is 0 Å². The van der Waals surface area contributed by atoms with Crippen molar-refractivity contribution in [3.8, 4) is 0 Å². The maximum atomic E-state index is 3.53. The van der Waals surface area contributed by atoms with E-state index in [1.807, 2.05) is 16.8 Å². The third-order valence-corrected chi connectivity index (χ3v) is 1.47. The SMILES string of the molecule is C=CNc1ccsc1. The number of nitrogens with one attached hydrogen (secondary N) is 1. The number of thiophene rings is 1. The molecule has 8 heavy (non-hydrogen) atoms. The summed E-state index contributed by atoms with van der Waals surface area (Å²) in [6, 6.07) is 2.01. The van der Waals surface area contributed by atoms with E-state index >= 15 is 0 Å². The lowest BCUT2D eigenvalue weighted by Gasteiger charge is -1.88. The molecule has 1 aromatic rings. The molecule has 0 radical (unpaired) electrons. The van der Waals surface area contributed by atoms with Gasteiger partial charge < -0.3 is 5.32 Å². The van der Waals surface area contributed by atoms with Gasteiger partial charge in [0, 0.05) is 11.1 Å². The second-order valence-electron chi connectivity index (χ2n) is 1.36. The third kappa shape index (κ3) is 1.10. The van der Waals surface area contributed by atoms with Gasteiger partial charge in [-0.3, -0.25) is 0 Å². The fraction of sp³-hybridized carbons (Fsp3) is 0. The van der Waals surface area contributed by atoms with E-state index in [1.165, 1.54) is 0 Å². The van der Waals surface area contributed by atoms with E-state index in [0.29, 0.717) is 0 Å². The van der Waals surface area contributed by atoms with Crippen molar-refractivity contribution in [2.45, 2.75) is 0 Å². The van der Waals surface area contributed by atoms with Crippen molar-refractivity contribution in [2.75, 3.05) is 5.32 Å². The molecular formula is C6H7NS. The summed E-state index contributed by atoms with van der Waals surface area (Å²) in [5, 5.41) is 7.01. The lowest BCUT2D eigenvalue weighted by Crippen LogP contribution is -1.79. The van der Waals surface area contributed by atoms with E-state index in [-0.39, 0.29) is 0 Å². The van der Waals surface area contributed by atoms with Crippen LogP contribution in [0, 0.1) is 0 Å². The van der Waals surface area contributed by atoms with E-state index in [9.17, 15) is 0 Å². The molecule has 0 bridgehead atoms. The Hall–Kier alpha value is -0.760. The largest absolute Gasteiger partial charge is 0.362 e. The molecule has 1 nitrogen and oxygen atoms in total. The molecule has 0 saturated heterocycles. The molecule has 0 aliphatic rings. The van der Waals surface area contributed by atoms with Gasteiger partial charge in [0.1, 0.15) is 0 Å². The third-order valence-electron chi connectivity index (χ3n) is 0.790. The second kappa shape index (κ2) is 2.52. The predicted molar refractivity (Wildman–Crippen MR) is 38.1 cm³/mol. The first-order valence-electron chi connectivity index (χ1n) is 2.33. The Morgan fingerprint density at radius 1 is 1.75 bits per heavy atom. The van der Waals surface area contributed by atoms with Crippen molar-refractivity contribution in [3.63, 3.8) is 0 Å². The standard InChI is InChI=1S/C6H7NS/c1-2-7-6-3-4-8-5-6/h2-5,7H,1H2. The van der Waals surface area contributed by atoms with Crippen LogP contribution < -0.4 is 5.32 Å². The average molecular weight is 125 g/mol. The molecule has 0 aliphatic carbocycles. The highest BCUT2D eigenvalue weighted by Crippen LogP contribution is 2.10. The van der Waals surface area contributed by atoms with E-state index < -0.39 is 0 Å². The van der Waals surface area contributed by atoms with Gasteiger partial charge in [0.15, 0.2) is 0 Å². The molecule has 1 aromatic heterocycles. The van der Waals surface area contributed by atoms with Gasteiger partial charge in [0.05, 0.1) is 0 Å². The van der Waals surface area contributed by atoms with Crippen molar-refractivity contribution in [1.82, 2.24) is 0 Å². The average Bonchev–Trinajstić information content (AvgIpc) is 2.19. The van der Waals surface area contributed by atoms with Crippen molar-refractivity contribution < 1.29 is 0 Å². The summed E-state index contributed by atoms with van der Waals surface area (Å²) in [6.45, 7) is 3.53. The normalized spacial score (nSPS) is 8.50. The Bertz CT molecular complexity index is 155. The smallest absolute Gasteiger partial charge is 0.0488 e. The van der Waals surface area contributed by atoms with Crippen molar-refractivity contribution in [3.05, 3.63) is 29.6 Å². The zero-order chi connectivity index (χ0) is 5.82. The van der Waals surface area contributed by atoms with Gasteiger partial charge >= 0.3 is 0 Å². The monoisotopic (exact) mass is 125 g/mol. The molecule has 0 amide bonds. The summed E-state index contributed by atoms with van der Waals surface area (Å²) >= 11 is 1.67. The van der Waals surface area contributed by atoms with Gasteiger partial charge in [-0.25, -0.2) is 0 Å². The fourth-order valence-corrected chi connectivity index (χ4v) is 1.06. The summed E-state index contributed by atoms with van der Waals surface area (Å²) < 4.78 is 0. The molecule has 0 saturated carbocycles. The zero-order valence-corrected chi connectivity index (χ0v) is 5.24. The molecule has 0 fully saturated rings. The molecule has 0 atom stereocenters. The highest BCUT2D eigenvalue weighted by Gasteiger charge is 1.82. The number of hydrogen-bond acceptors (Lipinski definition) is 2. The summed E-state index contributed by atoms with van der Waals surface area (Å²) in [5.41, 5.74) is 1.12. The minimum atomic E-state index is 1.12. The summed E-state index contributed by atoms with van der Waals surface area (Å²) in [6.07, 6.45) is 1.67. The minimum Gasteiger partial charge on any atom is -0.362 e. The van der Waals surface area contributed by atoms with Gasteiger partial charge in [-0.05, 0) is 17.6 Å². The Morgan fingerprint density at radius 3 is 3.12 bits per heavy atom. The summed E-state index contributed by atoms with van der Waals surface area (Å²) in [4.78, 5) is 0. The van der Waals surface area contributed by atoms with Crippen LogP contribution in [0.4, 0.5) is 5.69 Å². The van der Waals surface area contributed by atoms with Gasteiger partial charge in [-0.2, -0.15) is 11.3 Å². The Balaban J connectivity index is 2.62. The van der Waals surface area contributed by atoms with E-state index in [2.05, 4.69) is 11.9 Å². The maximum Gasteiger partial charge on any atom is 0.0488 e. The predicted octanol–water partition coefficient (Wildman–Crippen LogP) is 2.30. The molecule has 1 rings (SSSR count). The maximum absolute atomic E-state index is 3.53. The Kier molecular flexibility index (Phi) is 1.70. The molecule has 1 heterocycles. The topological polar surface area (TPSA) is 12.0 Å². The number of hydrogen-bond donors (Lipinski definition) is 1. The first kappa shape index (κ1) is 5.38. The van der Waals surface area contributed by atoms with Gasteiger partial charge in [0.2, 0.25) is 0 Å². The van der Waals surface area contributed by atoms with Crippen LogP contribution in [-0.4, -0.2) is 0 Å². The Labute approximate surface area is 52.7 Å². The number of anilines is 1. The van der Waals surface area contributed by atoms with Crippen LogP contribution in [0.25, 0.3) is 0 Å². The number of rotatable bonds is 2. The van der Waals surface area contributed by atoms with E-state index in [4.69, 9.17) is 0 Å². The van der Waals surface area contributed by atoms with E-state index in [0.717, 1.165) is 5.69 Å². The van der Waals surface area contributed by atoms with Crippen LogP contribution in [0.15, 0.2) is 29.6 Å². The highest BCUT2D eigenvalue weighted by molar-refractivity contribution is 7.08. The second-order valence-corrected chi connectivity index (χ2v) is 2.14. The zero-order valence-electron chi connectivity index (χ0n) is 4.42. The van der Waals surface area contributed by atoms with Crippen LogP contribution >= 0.6 is 11.3 Å². The van der Waals surface area contributed by atoms with Crippen LogP contribution in [0.5, 0.6) is 0 Å². The first-order valence-corrected chi connectivity index (χ1v) is 3.27. The summed E-state index contributed by atoms with van der Waals surface area (Å²) in [5.74, 6) is 0. The van der Waals surface area contributed by atoms with Crippen molar-refractivity contribution >= 4 is 17.0 Å². The quantitative estimate of drug-likeness (QED) is 0.639. The van der Waals surface area contributed by atoms with E-state index in [1.54, 1.807) is 17.5 Å². The minimum absolute atomic E-state index is 1.12. The van der Waals surface area contributed by atoms with Crippen LogP contribution in [-0.2, 0) is 0 Å².